The van der Waals surface area contributed by atoms with E-state index in [1.165, 1.54) is 0 Å². The van der Waals surface area contributed by atoms with Crippen molar-refractivity contribution in [2.24, 2.45) is 0 Å². The highest BCUT2D eigenvalue weighted by molar-refractivity contribution is 5.91. The van der Waals surface area contributed by atoms with Gasteiger partial charge in [0.15, 0.2) is 17.6 Å². The zero-order chi connectivity index (χ0) is 16.6. The van der Waals surface area contributed by atoms with E-state index in [0.717, 1.165) is 29.9 Å². The number of hydrogen-bond donors (Lipinski definition) is 0. The fraction of sp³-hybridized carbons (Fsp3) is 0.350. The summed E-state index contributed by atoms with van der Waals surface area (Å²) in [5.41, 5.74) is 0.789. The molecule has 2 aliphatic rings. The lowest BCUT2D eigenvalue weighted by Gasteiger charge is -2.31. The van der Waals surface area contributed by atoms with Crippen LogP contribution in [0.15, 0.2) is 54.6 Å². The number of ether oxygens (including phenoxy) is 2. The molecule has 4 nitrogen and oxygen atoms in total. The van der Waals surface area contributed by atoms with Crippen molar-refractivity contribution in [3.05, 3.63) is 60.2 Å². The summed E-state index contributed by atoms with van der Waals surface area (Å²) < 4.78 is 11.7. The van der Waals surface area contributed by atoms with Crippen LogP contribution in [0.1, 0.15) is 18.4 Å². The largest absolute Gasteiger partial charge is 0.486 e. The van der Waals surface area contributed by atoms with Crippen LogP contribution in [0.2, 0.25) is 0 Å². The maximum atomic E-state index is 13.0. The van der Waals surface area contributed by atoms with Crippen LogP contribution in [0, 0.1) is 0 Å². The molecule has 1 aliphatic heterocycles. The molecule has 0 spiro atoms. The number of hydrogen-bond acceptors (Lipinski definition) is 3. The van der Waals surface area contributed by atoms with Crippen molar-refractivity contribution in [1.29, 1.82) is 0 Å². The number of amides is 1. The van der Waals surface area contributed by atoms with Crippen LogP contribution in [0.25, 0.3) is 0 Å². The molecule has 24 heavy (non-hydrogen) atoms. The third-order valence-corrected chi connectivity index (χ3v) is 4.88. The van der Waals surface area contributed by atoms with Gasteiger partial charge in [0.25, 0.3) is 0 Å². The van der Waals surface area contributed by atoms with E-state index >= 15 is 0 Å². The second-order valence-corrected chi connectivity index (χ2v) is 6.63. The molecular formula is C20H21NO3. The van der Waals surface area contributed by atoms with Crippen molar-refractivity contribution in [1.82, 2.24) is 4.90 Å². The number of benzene rings is 2. The summed E-state index contributed by atoms with van der Waals surface area (Å²) in [4.78, 5) is 14.8. The van der Waals surface area contributed by atoms with E-state index in [4.69, 9.17) is 9.47 Å². The van der Waals surface area contributed by atoms with E-state index in [-0.39, 0.29) is 17.4 Å². The number of fused-ring (bicyclic) bond motifs is 1. The predicted octanol–water partition coefficient (Wildman–Crippen LogP) is 3.02. The van der Waals surface area contributed by atoms with Gasteiger partial charge >= 0.3 is 0 Å². The first-order valence-corrected chi connectivity index (χ1v) is 8.39. The van der Waals surface area contributed by atoms with Crippen LogP contribution in [-0.4, -0.2) is 37.1 Å². The Hall–Kier alpha value is -2.49. The van der Waals surface area contributed by atoms with Gasteiger partial charge in [-0.1, -0.05) is 42.5 Å². The molecule has 1 fully saturated rings. The quantitative estimate of drug-likeness (QED) is 0.868. The summed E-state index contributed by atoms with van der Waals surface area (Å²) in [5, 5.41) is 0. The number of nitrogens with zero attached hydrogens (tertiary/aromatic N) is 1. The van der Waals surface area contributed by atoms with Crippen molar-refractivity contribution in [3.8, 4) is 11.5 Å². The lowest BCUT2D eigenvalue weighted by atomic mass is 9.94. The average molecular weight is 323 g/mol. The number of carbonyl (C=O) groups excluding carboxylic acids is 1. The van der Waals surface area contributed by atoms with Crippen LogP contribution < -0.4 is 9.47 Å². The van der Waals surface area contributed by atoms with Gasteiger partial charge in [-0.15, -0.1) is 0 Å². The van der Waals surface area contributed by atoms with Crippen LogP contribution >= 0.6 is 0 Å². The molecular weight excluding hydrogens is 302 g/mol. The van der Waals surface area contributed by atoms with Crippen molar-refractivity contribution in [3.63, 3.8) is 0 Å². The van der Waals surface area contributed by atoms with Gasteiger partial charge in [-0.2, -0.15) is 0 Å². The molecule has 1 aliphatic carbocycles. The Bertz CT molecular complexity index is 740. The molecule has 2 aromatic carbocycles. The van der Waals surface area contributed by atoms with Crippen molar-refractivity contribution in [2.75, 3.05) is 20.2 Å². The van der Waals surface area contributed by atoms with E-state index in [0.29, 0.717) is 13.2 Å². The van der Waals surface area contributed by atoms with E-state index in [1.54, 1.807) is 4.90 Å². The highest BCUT2D eigenvalue weighted by Crippen LogP contribution is 2.49. The van der Waals surface area contributed by atoms with Crippen molar-refractivity contribution >= 4 is 5.91 Å². The first-order chi connectivity index (χ1) is 11.7. The molecule has 1 heterocycles. The highest BCUT2D eigenvalue weighted by atomic mass is 16.6. The first kappa shape index (κ1) is 15.1. The summed E-state index contributed by atoms with van der Waals surface area (Å²) in [6, 6.07) is 17.7. The average Bonchev–Trinajstić information content (AvgIpc) is 3.43. The molecule has 1 unspecified atom stereocenters. The Morgan fingerprint density at radius 2 is 1.75 bits per heavy atom. The molecule has 0 bridgehead atoms. The first-order valence-electron chi connectivity index (χ1n) is 8.39. The Balaban J connectivity index is 1.44. The van der Waals surface area contributed by atoms with E-state index < -0.39 is 0 Å². The third kappa shape index (κ3) is 2.62. The minimum Gasteiger partial charge on any atom is -0.486 e. The summed E-state index contributed by atoms with van der Waals surface area (Å²) >= 11 is 0. The smallest absolute Gasteiger partial charge is 0.233 e. The Labute approximate surface area is 142 Å². The minimum atomic E-state index is -0.330. The topological polar surface area (TPSA) is 38.8 Å². The van der Waals surface area contributed by atoms with Gasteiger partial charge in [-0.05, 0) is 30.5 Å². The summed E-state index contributed by atoms with van der Waals surface area (Å²) in [6.07, 6.45) is 1.70. The molecule has 1 atom stereocenters. The van der Waals surface area contributed by atoms with Gasteiger partial charge in [0.2, 0.25) is 5.91 Å². The lowest BCUT2D eigenvalue weighted by Crippen LogP contribution is -2.45. The SMILES string of the molecule is CN(CC1COc2ccccc2O1)C(=O)C1(c2ccccc2)CC1. The molecule has 0 N–H and O–H groups in total. The molecule has 0 aromatic heterocycles. The summed E-state index contributed by atoms with van der Waals surface area (Å²) in [6.45, 7) is 0.995. The van der Waals surface area contributed by atoms with E-state index in [2.05, 4.69) is 12.1 Å². The molecule has 124 valence electrons. The molecule has 2 aromatic rings. The Kier molecular flexibility index (Phi) is 3.68. The molecule has 4 rings (SSSR count). The highest BCUT2D eigenvalue weighted by Gasteiger charge is 2.52. The lowest BCUT2D eigenvalue weighted by molar-refractivity contribution is -0.134. The maximum absolute atomic E-state index is 13.0. The zero-order valence-electron chi connectivity index (χ0n) is 13.8. The van der Waals surface area contributed by atoms with Gasteiger partial charge in [-0.25, -0.2) is 0 Å². The number of likely N-dealkylation sites (N-methyl/N-ethyl adjacent to an activating group) is 1. The normalized spacial score (nSPS) is 20.3. The summed E-state index contributed by atoms with van der Waals surface area (Å²) in [5.74, 6) is 1.70. The van der Waals surface area contributed by atoms with Crippen molar-refractivity contribution < 1.29 is 14.3 Å². The molecule has 1 saturated carbocycles. The Morgan fingerprint density at radius 1 is 1.08 bits per heavy atom. The van der Waals surface area contributed by atoms with Gasteiger partial charge in [0.1, 0.15) is 6.61 Å². The van der Waals surface area contributed by atoms with Crippen LogP contribution in [0.5, 0.6) is 11.5 Å². The molecule has 0 radical (unpaired) electrons. The van der Waals surface area contributed by atoms with Gasteiger partial charge in [-0.3, -0.25) is 4.79 Å². The summed E-state index contributed by atoms with van der Waals surface area (Å²) in [7, 11) is 1.86. The number of rotatable bonds is 4. The number of para-hydroxylation sites is 2. The fourth-order valence-electron chi connectivity index (χ4n) is 3.41. The molecule has 4 heteroatoms. The standard InChI is InChI=1S/C20H21NO3/c1-21(13-16-14-23-17-9-5-6-10-18(17)24-16)19(22)20(11-12-20)15-7-3-2-4-8-15/h2-10,16H,11-14H2,1H3. The van der Waals surface area contributed by atoms with Crippen LogP contribution in [0.3, 0.4) is 0 Å². The predicted molar refractivity (Wildman–Crippen MR) is 91.3 cm³/mol. The van der Waals surface area contributed by atoms with E-state index in [1.807, 2.05) is 49.5 Å². The molecule has 1 amide bonds. The number of carbonyl (C=O) groups is 1. The Morgan fingerprint density at radius 3 is 2.46 bits per heavy atom. The van der Waals surface area contributed by atoms with E-state index in [9.17, 15) is 4.79 Å². The zero-order valence-corrected chi connectivity index (χ0v) is 13.8. The maximum Gasteiger partial charge on any atom is 0.233 e. The third-order valence-electron chi connectivity index (χ3n) is 4.88. The van der Waals surface area contributed by atoms with Crippen molar-refractivity contribution in [2.45, 2.75) is 24.4 Å². The minimum absolute atomic E-state index is 0.138. The second kappa shape index (κ2) is 5.86. The van der Waals surface area contributed by atoms with Crippen LogP contribution in [-0.2, 0) is 10.2 Å². The second-order valence-electron chi connectivity index (χ2n) is 6.63. The van der Waals surface area contributed by atoms with Gasteiger partial charge in [0.05, 0.1) is 12.0 Å². The van der Waals surface area contributed by atoms with Gasteiger partial charge < -0.3 is 14.4 Å². The fourth-order valence-corrected chi connectivity index (χ4v) is 3.41. The van der Waals surface area contributed by atoms with Gasteiger partial charge in [0, 0.05) is 7.05 Å². The monoisotopic (exact) mass is 323 g/mol. The van der Waals surface area contributed by atoms with Crippen LogP contribution in [0.4, 0.5) is 0 Å². The molecule has 0 saturated heterocycles.